The molecule has 0 saturated heterocycles. The van der Waals surface area contributed by atoms with Crippen molar-refractivity contribution in [1.29, 1.82) is 0 Å². The summed E-state index contributed by atoms with van der Waals surface area (Å²) in [7, 11) is 5.40. The first-order valence-corrected chi connectivity index (χ1v) is 27.4. The zero-order chi connectivity index (χ0) is 50.6. The first-order chi connectivity index (χ1) is 33.6. The van der Waals surface area contributed by atoms with Crippen LogP contribution in [-0.4, -0.2) is 75.5 Å². The van der Waals surface area contributed by atoms with Crippen LogP contribution in [0, 0.1) is 0 Å². The Labute approximate surface area is 423 Å². The van der Waals surface area contributed by atoms with Crippen molar-refractivity contribution in [2.75, 3.05) is 41.0 Å². The Balaban J connectivity index is 4.31. The number of carbonyl (C=O) groups is 3. The van der Waals surface area contributed by atoms with Gasteiger partial charge in [-0.25, -0.2) is 0 Å². The number of hydrogen-bond donors (Lipinski definition) is 0. The molecule has 0 heterocycles. The SMILES string of the molecule is CC/C=C/C/C=C/C/C=C/C/C=C/C/C=C/C/C=C/CCCCCCC(=O)OC(COCCC(C(=O)[O-])[N+](C)(C)C)COC(=O)CCCCCCCCCCC/C=C/C/C=C/C/C=C/CCCCC. The highest BCUT2D eigenvalue weighted by Gasteiger charge is 2.25. The third kappa shape index (κ3) is 48.8. The number of allylic oxidation sites excluding steroid dienone is 18. The number of rotatable bonds is 48. The van der Waals surface area contributed by atoms with E-state index in [9.17, 15) is 19.5 Å². The molecule has 0 aromatic heterocycles. The van der Waals surface area contributed by atoms with Gasteiger partial charge in [0.25, 0.3) is 0 Å². The van der Waals surface area contributed by atoms with E-state index >= 15 is 0 Å². The van der Waals surface area contributed by atoms with Crippen LogP contribution >= 0.6 is 0 Å². The van der Waals surface area contributed by atoms with Crippen molar-refractivity contribution < 1.29 is 38.2 Å². The first-order valence-electron chi connectivity index (χ1n) is 27.4. The molecular formula is C61H101NO7. The number of quaternary nitrogens is 1. The van der Waals surface area contributed by atoms with Gasteiger partial charge in [0.15, 0.2) is 6.10 Å². The van der Waals surface area contributed by atoms with Gasteiger partial charge in [0.2, 0.25) is 0 Å². The van der Waals surface area contributed by atoms with Gasteiger partial charge in [-0.2, -0.15) is 0 Å². The average Bonchev–Trinajstić information content (AvgIpc) is 3.31. The molecule has 8 nitrogen and oxygen atoms in total. The molecule has 0 aromatic rings. The molecule has 0 aromatic carbocycles. The van der Waals surface area contributed by atoms with Crippen molar-refractivity contribution in [3.63, 3.8) is 0 Å². The van der Waals surface area contributed by atoms with E-state index in [4.69, 9.17) is 14.2 Å². The Hall–Kier alpha value is -4.01. The van der Waals surface area contributed by atoms with Gasteiger partial charge in [-0.15, -0.1) is 0 Å². The molecule has 69 heavy (non-hydrogen) atoms. The summed E-state index contributed by atoms with van der Waals surface area (Å²) in [4.78, 5) is 37.1. The van der Waals surface area contributed by atoms with Crippen molar-refractivity contribution in [3.05, 3.63) is 109 Å². The molecule has 0 N–H and O–H groups in total. The quantitative estimate of drug-likeness (QED) is 0.0259. The summed E-state index contributed by atoms with van der Waals surface area (Å²) in [5.74, 6) is -1.78. The Bertz CT molecular complexity index is 1490. The molecule has 0 radical (unpaired) electrons. The second kappa shape index (κ2) is 50.4. The lowest BCUT2D eigenvalue weighted by atomic mass is 10.1. The van der Waals surface area contributed by atoms with Gasteiger partial charge in [0.05, 0.1) is 40.3 Å². The van der Waals surface area contributed by atoms with E-state index in [1.807, 2.05) is 0 Å². The number of carbonyl (C=O) groups excluding carboxylic acids is 3. The number of hydrogen-bond acceptors (Lipinski definition) is 7. The Kier molecular flexibility index (Phi) is 47.5. The van der Waals surface area contributed by atoms with Crippen molar-refractivity contribution in [2.45, 2.75) is 219 Å². The lowest BCUT2D eigenvalue weighted by Crippen LogP contribution is -2.55. The number of unbranched alkanes of at least 4 members (excludes halogenated alkanes) is 16. The predicted molar refractivity (Wildman–Crippen MR) is 291 cm³/mol. The number of carboxylic acids is 1. The minimum absolute atomic E-state index is 0.0216. The lowest BCUT2D eigenvalue weighted by molar-refractivity contribution is -0.889. The molecule has 0 aliphatic carbocycles. The lowest BCUT2D eigenvalue weighted by Gasteiger charge is -2.34. The zero-order valence-corrected chi connectivity index (χ0v) is 44.7. The van der Waals surface area contributed by atoms with Crippen LogP contribution in [0.1, 0.15) is 206 Å². The third-order valence-electron chi connectivity index (χ3n) is 11.6. The second-order valence-electron chi connectivity index (χ2n) is 19.1. The molecule has 392 valence electrons. The van der Waals surface area contributed by atoms with Gasteiger partial charge in [-0.3, -0.25) is 9.59 Å². The van der Waals surface area contributed by atoms with Gasteiger partial charge in [0, 0.05) is 19.3 Å². The Morgan fingerprint density at radius 3 is 1.20 bits per heavy atom. The van der Waals surface area contributed by atoms with Crippen LogP contribution in [0.5, 0.6) is 0 Å². The van der Waals surface area contributed by atoms with E-state index in [-0.39, 0.29) is 49.1 Å². The fourth-order valence-corrected chi connectivity index (χ4v) is 7.43. The van der Waals surface area contributed by atoms with Crippen LogP contribution in [0.4, 0.5) is 0 Å². The third-order valence-corrected chi connectivity index (χ3v) is 11.6. The molecule has 0 amide bonds. The van der Waals surface area contributed by atoms with E-state index < -0.39 is 18.1 Å². The summed E-state index contributed by atoms with van der Waals surface area (Å²) in [5, 5.41) is 11.7. The number of nitrogens with zero attached hydrogens (tertiary/aromatic N) is 1. The number of likely N-dealkylation sites (N-methyl/N-ethyl adjacent to an activating group) is 1. The molecule has 0 rings (SSSR count). The molecule has 0 saturated carbocycles. The molecule has 0 spiro atoms. The number of ether oxygens (including phenoxy) is 3. The van der Waals surface area contributed by atoms with Crippen LogP contribution in [0.25, 0.3) is 0 Å². The van der Waals surface area contributed by atoms with E-state index in [1.165, 1.54) is 64.2 Å². The fourth-order valence-electron chi connectivity index (χ4n) is 7.43. The standard InChI is InChI=1S/C61H101NO7/c1-6-8-10-12-14-16-18-20-22-24-26-28-30-32-34-36-38-40-42-44-46-48-50-52-60(64)69-57(55-67-54-53-58(61(65)66)62(3,4)5)56-68-59(63)51-49-47-45-43-41-39-37-35-33-31-29-27-25-23-21-19-17-15-13-11-9-7-2/h8,10,14-17,20-23,26-29,32,34,38,40,57-58H,6-7,9,11-13,18-19,24-25,30-31,33,35-37,39,41-56H2,1-5H3/b10-8+,16-14+,17-15+,22-20+,23-21+,28-26+,29-27+,34-32+,40-38+. The summed E-state index contributed by atoms with van der Waals surface area (Å²) in [5.41, 5.74) is 0. The highest BCUT2D eigenvalue weighted by atomic mass is 16.6. The van der Waals surface area contributed by atoms with E-state index in [1.54, 1.807) is 21.1 Å². The number of carboxylic acid groups (broad SMARTS) is 1. The smallest absolute Gasteiger partial charge is 0.306 e. The summed E-state index contributed by atoms with van der Waals surface area (Å²) in [6.45, 7) is 4.49. The van der Waals surface area contributed by atoms with Crippen LogP contribution < -0.4 is 5.11 Å². The van der Waals surface area contributed by atoms with Crippen LogP contribution in [-0.2, 0) is 28.6 Å². The molecule has 2 atom stereocenters. The van der Waals surface area contributed by atoms with Crippen molar-refractivity contribution in [1.82, 2.24) is 0 Å². The van der Waals surface area contributed by atoms with Crippen molar-refractivity contribution in [3.8, 4) is 0 Å². The number of aliphatic carboxylic acids is 1. The number of esters is 2. The molecular weight excluding hydrogens is 859 g/mol. The van der Waals surface area contributed by atoms with E-state index in [0.717, 1.165) is 109 Å². The van der Waals surface area contributed by atoms with Crippen LogP contribution in [0.2, 0.25) is 0 Å². The zero-order valence-electron chi connectivity index (χ0n) is 44.7. The van der Waals surface area contributed by atoms with Crippen LogP contribution in [0.3, 0.4) is 0 Å². The maximum atomic E-state index is 12.8. The topological polar surface area (TPSA) is 102 Å². The highest BCUT2D eigenvalue weighted by Crippen LogP contribution is 2.14. The van der Waals surface area contributed by atoms with E-state index in [0.29, 0.717) is 6.42 Å². The Morgan fingerprint density at radius 1 is 0.449 bits per heavy atom. The minimum atomic E-state index is -1.13. The normalized spacial score (nSPS) is 13.7. The average molecular weight is 960 g/mol. The molecule has 0 aliphatic rings. The molecule has 2 unspecified atom stereocenters. The van der Waals surface area contributed by atoms with Crippen molar-refractivity contribution in [2.24, 2.45) is 0 Å². The fraction of sp³-hybridized carbons (Fsp3) is 0.656. The van der Waals surface area contributed by atoms with Gasteiger partial charge < -0.3 is 28.6 Å². The molecule has 8 heteroatoms. The summed E-state index contributed by atoms with van der Waals surface area (Å²) in [6.07, 6.45) is 69.7. The molecule has 0 bridgehead atoms. The summed E-state index contributed by atoms with van der Waals surface area (Å²) in [6, 6.07) is -0.739. The van der Waals surface area contributed by atoms with Gasteiger partial charge in [-0.1, -0.05) is 194 Å². The maximum absolute atomic E-state index is 12.8. The maximum Gasteiger partial charge on any atom is 0.306 e. The van der Waals surface area contributed by atoms with Gasteiger partial charge in [0.1, 0.15) is 12.6 Å². The van der Waals surface area contributed by atoms with Crippen LogP contribution in [0.15, 0.2) is 109 Å². The van der Waals surface area contributed by atoms with Crippen molar-refractivity contribution >= 4 is 17.9 Å². The largest absolute Gasteiger partial charge is 0.544 e. The highest BCUT2D eigenvalue weighted by molar-refractivity contribution is 5.70. The monoisotopic (exact) mass is 960 g/mol. The minimum Gasteiger partial charge on any atom is -0.544 e. The summed E-state index contributed by atoms with van der Waals surface area (Å²) < 4.78 is 17.2. The first kappa shape index (κ1) is 65.0. The molecule has 0 fully saturated rings. The molecule has 0 aliphatic heterocycles. The predicted octanol–water partition coefficient (Wildman–Crippen LogP) is 15.0. The second-order valence-corrected chi connectivity index (χ2v) is 19.1. The Morgan fingerprint density at radius 2 is 0.812 bits per heavy atom. The summed E-state index contributed by atoms with van der Waals surface area (Å²) >= 11 is 0. The van der Waals surface area contributed by atoms with E-state index in [2.05, 4.69) is 123 Å². The van der Waals surface area contributed by atoms with Gasteiger partial charge in [-0.05, 0) is 103 Å². The van der Waals surface area contributed by atoms with Gasteiger partial charge >= 0.3 is 11.9 Å².